The molecule has 1 aromatic carbocycles. The highest BCUT2D eigenvalue weighted by atomic mass is 16.6. The number of piperidine rings is 1. The average molecular weight is 1780 g/mol. The van der Waals surface area contributed by atoms with Gasteiger partial charge in [0.2, 0.25) is 17.6 Å². The molecular weight excluding hydrogens is 1650 g/mol. The number of hydrogen-bond acceptors (Lipinski definition) is 31. The molecule has 704 valence electrons. The zero-order valence-electron chi connectivity index (χ0n) is 75.4. The van der Waals surface area contributed by atoms with Gasteiger partial charge in [-0.3, -0.25) is 24.0 Å². The summed E-state index contributed by atoms with van der Waals surface area (Å²) in [6.07, 6.45) is 15.2. The van der Waals surface area contributed by atoms with Crippen molar-refractivity contribution >= 4 is 75.3 Å². The van der Waals surface area contributed by atoms with Crippen LogP contribution in [-0.2, 0) is 98.8 Å². The summed E-state index contributed by atoms with van der Waals surface area (Å²) in [5.74, 6) is -7.84. The summed E-state index contributed by atoms with van der Waals surface area (Å²) in [5, 5.41) is 57.7. The number of unbranched alkanes of at least 4 members (excludes halogenated alkanes) is 1. The van der Waals surface area contributed by atoms with E-state index in [0.29, 0.717) is 162 Å². The molecule has 2 saturated heterocycles. The second kappa shape index (κ2) is 52.5. The molecule has 7 heterocycles. The number of cyclic esters (lactones) is 1. The molecule has 127 heavy (non-hydrogen) atoms. The van der Waals surface area contributed by atoms with Gasteiger partial charge >= 0.3 is 12.1 Å². The Kier molecular flexibility index (Phi) is 42.1. The summed E-state index contributed by atoms with van der Waals surface area (Å²) < 4.78 is 79.2. The highest BCUT2D eigenvalue weighted by Gasteiger charge is 2.53. The number of carbonyl (C=O) groups is 7. The van der Waals surface area contributed by atoms with Crippen LogP contribution < -0.4 is 27.4 Å². The minimum atomic E-state index is -2.47. The number of ether oxygens (including phenoxy) is 12. The number of ketones is 2. The fourth-order valence-corrected chi connectivity index (χ4v) is 16.7. The number of anilines is 2. The first-order valence-corrected chi connectivity index (χ1v) is 44.9. The number of fused-ring (bicyclic) bond motifs is 5. The zero-order valence-corrected chi connectivity index (χ0v) is 75.4. The molecule has 1 saturated carbocycles. The molecule has 0 spiro atoms. The number of amides is 4. The molecule has 4 amide bonds. The molecule has 9 rings (SSSR count). The van der Waals surface area contributed by atoms with Crippen LogP contribution in [0, 0.1) is 35.5 Å². The summed E-state index contributed by atoms with van der Waals surface area (Å²) in [6, 6.07) is 4.17. The maximum Gasteiger partial charge on any atom is 0.407 e. The van der Waals surface area contributed by atoms with Gasteiger partial charge in [-0.1, -0.05) is 76.3 Å². The Bertz CT molecular complexity index is 4420. The highest BCUT2D eigenvalue weighted by molar-refractivity contribution is 6.39. The van der Waals surface area contributed by atoms with Crippen molar-refractivity contribution in [3.05, 3.63) is 84.0 Å². The topological polar surface area (TPSA) is 483 Å². The van der Waals surface area contributed by atoms with E-state index in [1.807, 2.05) is 77.1 Å². The standard InChI is InChI=1S/C90H136N14O23/c1-11-123-73-53-74(125-87(112)70-21-15-17-33-102(70)86(111)83(110)90(114)63(8)22-25-67(127-90)52-72(115-9)58(3)20-14-12-13-19-57(2)47-61(6)80(107)82(109)81(108)62(7)48-59(73)4)60(5)49-64-23-26-69(75(50-64)116-10)104-54-66(99-101-104)55-124-89(113)95-32-38-120-42-46-122-44-40-118-36-29-77(106)94-31-37-119-41-45-121-43-39-117-35-28-76(105)93-30-16-18-34-103-85-78(84(91)96-56-97-85)79(100-103)65-24-27-71-68(51-65)98-88(92)126-71/h12-14,19-20,24,27,48,51,54,56-57,59-61,63-64,67,69-70,72-75,81-82,108-109,114H,11,15-18,21-23,25-26,28-47,49-50,52-53,55H2,1-10H3,(H2,92,98)(H,93,105)(H,94,106)(H,95,113)(H2,91,96,97)/b14-12+,19-13+,58-20+,62-48+/t57-,59-,60-,61-,63-,64+,67+,69+,70+,72+,73-,74+,75-,81-,82+,90-/m1/s1. The quantitative estimate of drug-likeness (QED) is 0.00803. The lowest BCUT2D eigenvalue weighted by molar-refractivity contribution is -0.265. The molecule has 3 fully saturated rings. The number of alkyl carbamates (subject to hydrolysis) is 1. The number of benzene rings is 1. The Labute approximate surface area is 743 Å². The second-order valence-electron chi connectivity index (χ2n) is 33.5. The molecule has 2 bridgehead atoms. The average Bonchev–Trinajstić information content (AvgIpc) is 1.58. The van der Waals surface area contributed by atoms with E-state index >= 15 is 0 Å². The Morgan fingerprint density at radius 2 is 1.42 bits per heavy atom. The smallest absolute Gasteiger partial charge is 0.407 e. The van der Waals surface area contributed by atoms with Crippen molar-refractivity contribution in [2.75, 3.05) is 138 Å². The molecule has 4 aliphatic rings. The number of aryl methyl sites for hydroxylation is 1. The van der Waals surface area contributed by atoms with E-state index in [1.54, 1.807) is 62.7 Å². The number of oxazole rings is 1. The van der Waals surface area contributed by atoms with Crippen molar-refractivity contribution in [3.63, 3.8) is 0 Å². The van der Waals surface area contributed by atoms with Crippen LogP contribution in [0.15, 0.2) is 82.7 Å². The predicted molar refractivity (Wildman–Crippen MR) is 469 cm³/mol. The molecule has 37 nitrogen and oxygen atoms in total. The van der Waals surface area contributed by atoms with E-state index in [9.17, 15) is 48.9 Å². The number of Topliss-reactive ketones (excluding diaryl/α,β-unsaturated/α-hetero) is 2. The molecule has 5 aromatic rings. The van der Waals surface area contributed by atoms with Crippen molar-refractivity contribution in [3.8, 4) is 11.3 Å². The van der Waals surface area contributed by atoms with Crippen molar-refractivity contribution in [2.24, 2.45) is 35.5 Å². The molecule has 1 aliphatic carbocycles. The van der Waals surface area contributed by atoms with E-state index in [0.717, 1.165) is 24.0 Å². The van der Waals surface area contributed by atoms with Crippen LogP contribution in [0.5, 0.6) is 0 Å². The van der Waals surface area contributed by atoms with Gasteiger partial charge in [-0.25, -0.2) is 28.9 Å². The monoisotopic (exact) mass is 1780 g/mol. The summed E-state index contributed by atoms with van der Waals surface area (Å²) in [7, 11) is 3.21. The van der Waals surface area contributed by atoms with Crippen LogP contribution >= 0.6 is 0 Å². The van der Waals surface area contributed by atoms with Gasteiger partial charge in [0.1, 0.15) is 60.0 Å². The summed E-state index contributed by atoms with van der Waals surface area (Å²) in [5.41, 5.74) is 16.8. The maximum atomic E-state index is 15.0. The van der Waals surface area contributed by atoms with Crippen LogP contribution in [0.2, 0.25) is 0 Å². The van der Waals surface area contributed by atoms with Gasteiger partial charge < -0.3 is 109 Å². The number of nitrogens with zero attached hydrogens (tertiary/aromatic N) is 9. The molecular formula is C90H136N14O23. The van der Waals surface area contributed by atoms with Crippen molar-refractivity contribution < 1.29 is 110 Å². The number of carbonyl (C=O) groups excluding carboxylic acids is 7. The maximum absolute atomic E-state index is 15.0. The number of aliphatic hydroxyl groups is 3. The largest absolute Gasteiger partial charge is 0.460 e. The van der Waals surface area contributed by atoms with Crippen molar-refractivity contribution in [1.29, 1.82) is 0 Å². The Morgan fingerprint density at radius 1 is 0.732 bits per heavy atom. The van der Waals surface area contributed by atoms with E-state index in [4.69, 9.17) is 77.8 Å². The fourth-order valence-electron chi connectivity index (χ4n) is 16.7. The van der Waals surface area contributed by atoms with Crippen LogP contribution in [-0.4, -0.2) is 282 Å². The van der Waals surface area contributed by atoms with Gasteiger partial charge in [0, 0.05) is 103 Å². The first-order chi connectivity index (χ1) is 61.2. The number of nitrogens with one attached hydrogen (secondary N) is 3. The Hall–Kier alpha value is -9.09. The van der Waals surface area contributed by atoms with Gasteiger partial charge in [-0.05, 0) is 145 Å². The number of esters is 1. The van der Waals surface area contributed by atoms with Crippen molar-refractivity contribution in [1.82, 2.24) is 60.6 Å². The SMILES string of the molecule is CCO[C@@H]1C[C@@H]([C@H](C)C[C@@H]2CC[C@H](n3cc(COC(=O)NCCOCCOCCOCCC(=O)NCCOCCOCCOCCC(=O)NCCCCn4nc(-c5ccc6oc(N)nc6c5)c5c(N)ncnc54)nn3)[C@H](OC)C2)OC(=O)[C@@H]2CCCCN2C(=O)C(=O)[C@]2(O)O[C@@H](CC[C@H]2C)C[C@H](OC)/C(C)=C/C=C/C=C/[C@@H](C)C[C@@H](C)C(=O)[C@H](O)[C@H](O)/C(C)=C/[C@H]1C. The minimum absolute atomic E-state index is 0.0506. The van der Waals surface area contributed by atoms with Crippen LogP contribution in [0.4, 0.5) is 16.6 Å². The molecule has 37 heteroatoms. The van der Waals surface area contributed by atoms with Crippen LogP contribution in [0.3, 0.4) is 0 Å². The van der Waals surface area contributed by atoms with E-state index in [1.165, 1.54) is 11.2 Å². The number of hydrogen-bond donors (Lipinski definition) is 8. The molecule has 0 unspecified atom stereocenters. The third kappa shape index (κ3) is 31.1. The molecule has 10 N–H and O–H groups in total. The van der Waals surface area contributed by atoms with E-state index in [-0.39, 0.29) is 146 Å². The minimum Gasteiger partial charge on any atom is -0.460 e. The predicted octanol–water partition coefficient (Wildman–Crippen LogP) is 7.77. The molecule has 3 aliphatic heterocycles. The number of rotatable bonds is 40. The van der Waals surface area contributed by atoms with Crippen LogP contribution in [0.1, 0.15) is 170 Å². The first kappa shape index (κ1) is 102. The second-order valence-corrected chi connectivity index (χ2v) is 33.5. The number of nitrogen functional groups attached to an aromatic ring is 2. The van der Waals surface area contributed by atoms with E-state index in [2.05, 4.69) is 41.2 Å². The van der Waals surface area contributed by atoms with Gasteiger partial charge in [-0.15, -0.1) is 5.10 Å². The number of nitrogens with two attached hydrogens (primary N) is 2. The Balaban J connectivity index is 0.621. The Morgan fingerprint density at radius 3 is 2.11 bits per heavy atom. The summed E-state index contributed by atoms with van der Waals surface area (Å²) in [4.78, 5) is 109. The van der Waals surface area contributed by atoms with Gasteiger partial charge in [0.25, 0.3) is 17.7 Å². The lowest BCUT2D eigenvalue weighted by Gasteiger charge is -2.43. The van der Waals surface area contributed by atoms with Crippen molar-refractivity contribution in [2.45, 2.75) is 232 Å². The fraction of sp³-hybridized carbons (Fsp3) is 0.678. The zero-order chi connectivity index (χ0) is 91.4. The van der Waals surface area contributed by atoms with Gasteiger partial charge in [0.05, 0.1) is 121 Å². The molecule has 0 radical (unpaired) electrons. The number of aromatic nitrogens is 8. The summed E-state index contributed by atoms with van der Waals surface area (Å²) in [6.45, 7) is 19.9. The van der Waals surface area contributed by atoms with Crippen LogP contribution in [0.25, 0.3) is 33.4 Å². The molecule has 16 atom stereocenters. The number of allylic oxidation sites excluding steroid dienone is 5. The van der Waals surface area contributed by atoms with Gasteiger partial charge in [0.15, 0.2) is 17.0 Å². The highest BCUT2D eigenvalue weighted by Crippen LogP contribution is 2.41. The summed E-state index contributed by atoms with van der Waals surface area (Å²) >= 11 is 0. The number of aliphatic hydroxyl groups excluding tert-OH is 2. The third-order valence-electron chi connectivity index (χ3n) is 23.9. The molecule has 4 aromatic heterocycles. The van der Waals surface area contributed by atoms with E-state index < -0.39 is 95.7 Å². The number of methoxy groups -OCH3 is 2. The lowest BCUT2D eigenvalue weighted by Crippen LogP contribution is -2.61. The third-order valence-corrected chi connectivity index (χ3v) is 23.9. The normalized spacial score (nSPS) is 27.0. The lowest BCUT2D eigenvalue weighted by atomic mass is 9.77. The van der Waals surface area contributed by atoms with Gasteiger partial charge in [-0.2, -0.15) is 10.1 Å². The first-order valence-electron chi connectivity index (χ1n) is 44.9.